The molecule has 33 heavy (non-hydrogen) atoms. The summed E-state index contributed by atoms with van der Waals surface area (Å²) in [5.41, 5.74) is 1.06. The second kappa shape index (κ2) is 10.8. The highest BCUT2D eigenvalue weighted by molar-refractivity contribution is 5.85. The van der Waals surface area contributed by atoms with Crippen molar-refractivity contribution < 1.29 is 28.6 Å². The molecule has 0 aromatic heterocycles. The minimum Gasteiger partial charge on any atom is -0.493 e. The molecule has 2 atom stereocenters. The number of benzene rings is 2. The lowest BCUT2D eigenvalue weighted by molar-refractivity contribution is -0.145. The van der Waals surface area contributed by atoms with Crippen LogP contribution < -0.4 is 20.1 Å². The molecular formula is C25H30N2O6. The van der Waals surface area contributed by atoms with Gasteiger partial charge in [0.1, 0.15) is 0 Å². The molecule has 2 aromatic carbocycles. The van der Waals surface area contributed by atoms with E-state index in [1.165, 1.54) is 7.11 Å². The fourth-order valence-electron chi connectivity index (χ4n) is 4.19. The van der Waals surface area contributed by atoms with Crippen molar-refractivity contribution in [3.05, 3.63) is 59.7 Å². The van der Waals surface area contributed by atoms with Crippen molar-refractivity contribution in [3.63, 3.8) is 0 Å². The number of hydrogen-bond acceptors (Lipinski definition) is 6. The molecule has 176 valence electrons. The van der Waals surface area contributed by atoms with E-state index in [2.05, 4.69) is 10.6 Å². The van der Waals surface area contributed by atoms with Gasteiger partial charge in [0.05, 0.1) is 21.3 Å². The Labute approximate surface area is 193 Å². The topological polar surface area (TPSA) is 103 Å². The number of ether oxygens (including phenoxy) is 3. The highest BCUT2D eigenvalue weighted by Gasteiger charge is 2.38. The van der Waals surface area contributed by atoms with Crippen LogP contribution in [0.5, 0.6) is 11.5 Å². The SMILES string of the molecule is COC(=O)[C@@H](NC(=O)CCC1(Cc2ccc(OC)c(OC)c2)CCC(=O)N1)c1ccccc1. The van der Waals surface area contributed by atoms with Crippen LogP contribution in [0.15, 0.2) is 48.5 Å². The Bertz CT molecular complexity index is 994. The van der Waals surface area contributed by atoms with Crippen LogP contribution in [-0.2, 0) is 25.5 Å². The highest BCUT2D eigenvalue weighted by atomic mass is 16.5. The first kappa shape index (κ1) is 24.1. The van der Waals surface area contributed by atoms with E-state index >= 15 is 0 Å². The fraction of sp³-hybridized carbons (Fsp3) is 0.400. The molecule has 1 fully saturated rings. The van der Waals surface area contributed by atoms with Gasteiger partial charge in [-0.15, -0.1) is 0 Å². The summed E-state index contributed by atoms with van der Waals surface area (Å²) >= 11 is 0. The summed E-state index contributed by atoms with van der Waals surface area (Å²) in [4.78, 5) is 37.1. The van der Waals surface area contributed by atoms with Crippen LogP contribution in [0, 0.1) is 0 Å². The monoisotopic (exact) mass is 454 g/mol. The lowest BCUT2D eigenvalue weighted by Gasteiger charge is -2.30. The number of nitrogens with one attached hydrogen (secondary N) is 2. The second-order valence-corrected chi connectivity index (χ2v) is 8.13. The molecule has 8 heteroatoms. The van der Waals surface area contributed by atoms with Crippen LogP contribution in [-0.4, -0.2) is 44.7 Å². The van der Waals surface area contributed by atoms with E-state index in [0.717, 1.165) is 5.56 Å². The standard InChI is InChI=1S/C25H30N2O6/c1-31-19-10-9-17(15-20(19)32-2)16-25(14-12-22(29)27-25)13-11-21(28)26-23(24(30)33-3)18-7-5-4-6-8-18/h4-10,15,23H,11-14,16H2,1-3H3,(H,26,28)(H,27,29)/t23-,25?/m0/s1. The number of hydrogen-bond donors (Lipinski definition) is 2. The molecule has 1 aliphatic heterocycles. The van der Waals surface area contributed by atoms with Crippen LogP contribution in [0.25, 0.3) is 0 Å². The van der Waals surface area contributed by atoms with Gasteiger partial charge in [0.15, 0.2) is 17.5 Å². The van der Waals surface area contributed by atoms with Gasteiger partial charge in [-0.3, -0.25) is 9.59 Å². The molecule has 2 aromatic rings. The molecule has 8 nitrogen and oxygen atoms in total. The van der Waals surface area contributed by atoms with Gasteiger partial charge >= 0.3 is 5.97 Å². The average molecular weight is 455 g/mol. The summed E-state index contributed by atoms with van der Waals surface area (Å²) in [6, 6.07) is 13.7. The van der Waals surface area contributed by atoms with E-state index in [1.54, 1.807) is 38.5 Å². The maximum Gasteiger partial charge on any atom is 0.333 e. The fourth-order valence-corrected chi connectivity index (χ4v) is 4.19. The minimum absolute atomic E-state index is 0.0346. The Balaban J connectivity index is 1.71. The van der Waals surface area contributed by atoms with Gasteiger partial charge in [-0.25, -0.2) is 4.79 Å². The number of methoxy groups -OCH3 is 3. The van der Waals surface area contributed by atoms with Crippen LogP contribution in [0.2, 0.25) is 0 Å². The Morgan fingerprint density at radius 2 is 1.79 bits per heavy atom. The molecular weight excluding hydrogens is 424 g/mol. The van der Waals surface area contributed by atoms with E-state index in [4.69, 9.17) is 14.2 Å². The molecule has 0 spiro atoms. The molecule has 1 heterocycles. The zero-order chi connectivity index (χ0) is 23.8. The molecule has 1 aliphatic rings. The maximum atomic E-state index is 12.8. The number of esters is 1. The zero-order valence-corrected chi connectivity index (χ0v) is 19.2. The smallest absolute Gasteiger partial charge is 0.333 e. The van der Waals surface area contributed by atoms with Gasteiger partial charge in [0, 0.05) is 18.4 Å². The molecule has 2 N–H and O–H groups in total. The molecule has 0 aliphatic carbocycles. The van der Waals surface area contributed by atoms with Gasteiger partial charge in [-0.2, -0.15) is 0 Å². The van der Waals surface area contributed by atoms with E-state index in [-0.39, 0.29) is 18.2 Å². The summed E-state index contributed by atoms with van der Waals surface area (Å²) in [7, 11) is 4.44. The van der Waals surface area contributed by atoms with Gasteiger partial charge in [-0.1, -0.05) is 36.4 Å². The summed E-state index contributed by atoms with van der Waals surface area (Å²) in [5, 5.41) is 5.84. The molecule has 0 saturated carbocycles. The van der Waals surface area contributed by atoms with Crippen molar-refractivity contribution in [3.8, 4) is 11.5 Å². The average Bonchev–Trinajstić information content (AvgIpc) is 3.21. The van der Waals surface area contributed by atoms with Crippen molar-refractivity contribution in [2.45, 2.75) is 43.7 Å². The molecule has 1 unspecified atom stereocenters. The summed E-state index contributed by atoms with van der Waals surface area (Å²) < 4.78 is 15.6. The quantitative estimate of drug-likeness (QED) is 0.535. The Morgan fingerprint density at radius 1 is 1.06 bits per heavy atom. The largest absolute Gasteiger partial charge is 0.493 e. The first-order valence-corrected chi connectivity index (χ1v) is 10.8. The van der Waals surface area contributed by atoms with Crippen LogP contribution >= 0.6 is 0 Å². The van der Waals surface area contributed by atoms with E-state index in [0.29, 0.717) is 42.7 Å². The third-order valence-electron chi connectivity index (χ3n) is 5.93. The van der Waals surface area contributed by atoms with Crippen molar-refractivity contribution in [2.75, 3.05) is 21.3 Å². The first-order chi connectivity index (χ1) is 15.9. The molecule has 0 radical (unpaired) electrons. The zero-order valence-electron chi connectivity index (χ0n) is 19.2. The molecule has 1 saturated heterocycles. The number of carbonyl (C=O) groups is 3. The van der Waals surface area contributed by atoms with Crippen LogP contribution in [0.3, 0.4) is 0 Å². The van der Waals surface area contributed by atoms with Crippen molar-refractivity contribution in [1.29, 1.82) is 0 Å². The number of carbonyl (C=O) groups excluding carboxylic acids is 3. The Kier molecular flexibility index (Phi) is 7.92. The lowest BCUT2D eigenvalue weighted by Crippen LogP contribution is -2.45. The Morgan fingerprint density at radius 3 is 2.39 bits per heavy atom. The first-order valence-electron chi connectivity index (χ1n) is 10.8. The predicted octanol–water partition coefficient (Wildman–Crippen LogP) is 2.71. The summed E-state index contributed by atoms with van der Waals surface area (Å²) in [6.45, 7) is 0. The van der Waals surface area contributed by atoms with Crippen molar-refractivity contribution in [1.82, 2.24) is 10.6 Å². The summed E-state index contributed by atoms with van der Waals surface area (Å²) in [6.07, 6.45) is 2.15. The molecule has 0 bridgehead atoms. The summed E-state index contributed by atoms with van der Waals surface area (Å²) in [5.74, 6) is 0.370. The van der Waals surface area contributed by atoms with E-state index in [1.807, 2.05) is 24.3 Å². The predicted molar refractivity (Wildman–Crippen MR) is 122 cm³/mol. The van der Waals surface area contributed by atoms with Gasteiger partial charge in [0.2, 0.25) is 11.8 Å². The van der Waals surface area contributed by atoms with Crippen molar-refractivity contribution in [2.24, 2.45) is 0 Å². The highest BCUT2D eigenvalue weighted by Crippen LogP contribution is 2.33. The van der Waals surface area contributed by atoms with Crippen LogP contribution in [0.1, 0.15) is 42.9 Å². The van der Waals surface area contributed by atoms with Gasteiger partial charge in [0.25, 0.3) is 0 Å². The van der Waals surface area contributed by atoms with Crippen molar-refractivity contribution >= 4 is 17.8 Å². The third-order valence-corrected chi connectivity index (χ3v) is 5.93. The minimum atomic E-state index is -0.885. The van der Waals surface area contributed by atoms with E-state index < -0.39 is 17.6 Å². The maximum absolute atomic E-state index is 12.8. The Hall–Kier alpha value is -3.55. The number of amides is 2. The molecule has 3 rings (SSSR count). The van der Waals surface area contributed by atoms with Crippen LogP contribution in [0.4, 0.5) is 0 Å². The second-order valence-electron chi connectivity index (χ2n) is 8.13. The molecule has 2 amide bonds. The lowest BCUT2D eigenvalue weighted by atomic mass is 9.84. The normalized spacial score (nSPS) is 18.2. The van der Waals surface area contributed by atoms with E-state index in [9.17, 15) is 14.4 Å². The van der Waals surface area contributed by atoms with Gasteiger partial charge in [-0.05, 0) is 42.5 Å². The number of rotatable bonds is 10. The third kappa shape index (κ3) is 6.03. The van der Waals surface area contributed by atoms with Gasteiger partial charge < -0.3 is 24.8 Å².